The number of esters is 1. The second-order valence-corrected chi connectivity index (χ2v) is 5.37. The largest absolute Gasteiger partial charge is 0.487 e. The fraction of sp³-hybridized carbons (Fsp3) is 0.600. The molecule has 0 aliphatic heterocycles. The molecule has 0 bridgehead atoms. The molecule has 112 valence electrons. The lowest BCUT2D eigenvalue weighted by atomic mass is 10.1. The SMILES string of the molecule is CC(C)CCOc1coc(COC(=O)C(C)C)cc1=O. The summed E-state index contributed by atoms with van der Waals surface area (Å²) in [4.78, 5) is 23.1. The molecule has 0 N–H and O–H groups in total. The minimum atomic E-state index is -0.329. The van der Waals surface area contributed by atoms with E-state index < -0.39 is 0 Å². The third kappa shape index (κ3) is 5.47. The van der Waals surface area contributed by atoms with Crippen molar-refractivity contribution in [2.24, 2.45) is 11.8 Å². The summed E-state index contributed by atoms with van der Waals surface area (Å²) < 4.78 is 15.6. The van der Waals surface area contributed by atoms with Crippen LogP contribution >= 0.6 is 0 Å². The van der Waals surface area contributed by atoms with Gasteiger partial charge in [-0.25, -0.2) is 0 Å². The predicted molar refractivity (Wildman–Crippen MR) is 74.6 cm³/mol. The van der Waals surface area contributed by atoms with Crippen molar-refractivity contribution < 1.29 is 18.7 Å². The second kappa shape index (κ2) is 7.72. The summed E-state index contributed by atoms with van der Waals surface area (Å²) >= 11 is 0. The van der Waals surface area contributed by atoms with E-state index in [0.29, 0.717) is 18.3 Å². The maximum absolute atomic E-state index is 11.8. The molecule has 0 amide bonds. The van der Waals surface area contributed by atoms with Crippen LogP contribution in [0.5, 0.6) is 5.75 Å². The Morgan fingerprint density at radius 1 is 1.30 bits per heavy atom. The van der Waals surface area contributed by atoms with E-state index in [9.17, 15) is 9.59 Å². The minimum absolute atomic E-state index is 0.0431. The first kappa shape index (κ1) is 16.3. The smallest absolute Gasteiger partial charge is 0.308 e. The van der Waals surface area contributed by atoms with Gasteiger partial charge in [0.2, 0.25) is 11.2 Å². The van der Waals surface area contributed by atoms with Crippen LogP contribution in [-0.4, -0.2) is 12.6 Å². The Labute approximate surface area is 118 Å². The van der Waals surface area contributed by atoms with Crippen molar-refractivity contribution in [2.45, 2.75) is 40.7 Å². The molecule has 0 unspecified atom stereocenters. The van der Waals surface area contributed by atoms with Gasteiger partial charge >= 0.3 is 5.97 Å². The summed E-state index contributed by atoms with van der Waals surface area (Å²) in [6.45, 7) is 8.08. The Bertz CT molecular complexity index is 487. The van der Waals surface area contributed by atoms with Gasteiger partial charge in [-0.3, -0.25) is 9.59 Å². The number of carbonyl (C=O) groups is 1. The lowest BCUT2D eigenvalue weighted by Crippen LogP contribution is -2.13. The van der Waals surface area contributed by atoms with Gasteiger partial charge < -0.3 is 13.9 Å². The van der Waals surface area contributed by atoms with Gasteiger partial charge in [0.15, 0.2) is 0 Å². The normalized spacial score (nSPS) is 10.9. The van der Waals surface area contributed by atoms with Crippen LogP contribution in [0.4, 0.5) is 0 Å². The van der Waals surface area contributed by atoms with Crippen molar-refractivity contribution >= 4 is 5.97 Å². The summed E-state index contributed by atoms with van der Waals surface area (Å²) in [5.74, 6) is 0.465. The van der Waals surface area contributed by atoms with E-state index in [0.717, 1.165) is 6.42 Å². The number of hydrogen-bond acceptors (Lipinski definition) is 5. The van der Waals surface area contributed by atoms with Crippen LogP contribution in [0.15, 0.2) is 21.5 Å². The zero-order valence-corrected chi connectivity index (χ0v) is 12.5. The molecule has 0 spiro atoms. The van der Waals surface area contributed by atoms with Gasteiger partial charge in [-0.15, -0.1) is 0 Å². The third-order valence-electron chi connectivity index (χ3n) is 2.63. The molecule has 5 nitrogen and oxygen atoms in total. The number of hydrogen-bond donors (Lipinski definition) is 0. The van der Waals surface area contributed by atoms with Crippen LogP contribution in [0.25, 0.3) is 0 Å². The molecule has 0 fully saturated rings. The Morgan fingerprint density at radius 3 is 2.55 bits per heavy atom. The molecule has 1 heterocycles. The van der Waals surface area contributed by atoms with Crippen LogP contribution in [0, 0.1) is 11.8 Å². The van der Waals surface area contributed by atoms with E-state index in [1.54, 1.807) is 13.8 Å². The van der Waals surface area contributed by atoms with Gasteiger partial charge in [-0.05, 0) is 12.3 Å². The molecule has 1 aromatic heterocycles. The molecule has 0 atom stereocenters. The molecule has 0 aromatic carbocycles. The summed E-state index contributed by atoms with van der Waals surface area (Å²) in [6.07, 6.45) is 2.13. The molecule has 20 heavy (non-hydrogen) atoms. The van der Waals surface area contributed by atoms with Crippen LogP contribution in [0.1, 0.15) is 39.9 Å². The first-order valence-electron chi connectivity index (χ1n) is 6.81. The molecule has 0 radical (unpaired) electrons. The van der Waals surface area contributed by atoms with E-state index >= 15 is 0 Å². The summed E-state index contributed by atoms with van der Waals surface area (Å²) in [5.41, 5.74) is -0.268. The lowest BCUT2D eigenvalue weighted by molar-refractivity contribution is -0.149. The average Bonchev–Trinajstić information content (AvgIpc) is 2.37. The maximum Gasteiger partial charge on any atom is 0.308 e. The van der Waals surface area contributed by atoms with Crippen LogP contribution in [0.2, 0.25) is 0 Å². The quantitative estimate of drug-likeness (QED) is 0.719. The fourth-order valence-electron chi connectivity index (χ4n) is 1.33. The Kier molecular flexibility index (Phi) is 6.28. The highest BCUT2D eigenvalue weighted by atomic mass is 16.5. The fourth-order valence-corrected chi connectivity index (χ4v) is 1.33. The number of carbonyl (C=O) groups excluding carboxylic acids is 1. The molecule has 0 saturated carbocycles. The highest BCUT2D eigenvalue weighted by molar-refractivity contribution is 5.71. The van der Waals surface area contributed by atoms with E-state index in [2.05, 4.69) is 13.8 Å². The number of rotatable bonds is 7. The van der Waals surface area contributed by atoms with Gasteiger partial charge in [-0.1, -0.05) is 27.7 Å². The van der Waals surface area contributed by atoms with E-state index in [-0.39, 0.29) is 29.7 Å². The first-order valence-corrected chi connectivity index (χ1v) is 6.81. The monoisotopic (exact) mass is 282 g/mol. The summed E-state index contributed by atoms with van der Waals surface area (Å²) in [5, 5.41) is 0. The standard InChI is InChI=1S/C15H22O5/c1-10(2)5-6-18-14-9-19-12(7-13(14)16)8-20-15(17)11(3)4/h7,9-11H,5-6,8H2,1-4H3. The van der Waals surface area contributed by atoms with Crippen molar-refractivity contribution in [1.82, 2.24) is 0 Å². The zero-order chi connectivity index (χ0) is 15.1. The summed E-state index contributed by atoms with van der Waals surface area (Å²) in [6, 6.07) is 1.29. The van der Waals surface area contributed by atoms with Crippen LogP contribution in [0.3, 0.4) is 0 Å². The van der Waals surface area contributed by atoms with Crippen molar-refractivity contribution in [3.05, 3.63) is 28.3 Å². The molecule has 5 heteroatoms. The molecule has 0 aliphatic rings. The van der Waals surface area contributed by atoms with Gasteiger partial charge in [0.25, 0.3) is 0 Å². The van der Waals surface area contributed by atoms with E-state index in [1.165, 1.54) is 12.3 Å². The first-order chi connectivity index (χ1) is 9.40. The topological polar surface area (TPSA) is 65.7 Å². The maximum atomic E-state index is 11.8. The lowest BCUT2D eigenvalue weighted by Gasteiger charge is -2.08. The highest BCUT2D eigenvalue weighted by Crippen LogP contribution is 2.09. The van der Waals surface area contributed by atoms with E-state index in [4.69, 9.17) is 13.9 Å². The van der Waals surface area contributed by atoms with Crippen molar-refractivity contribution in [3.8, 4) is 5.75 Å². The highest BCUT2D eigenvalue weighted by Gasteiger charge is 2.10. The van der Waals surface area contributed by atoms with Gasteiger partial charge in [-0.2, -0.15) is 0 Å². The van der Waals surface area contributed by atoms with Crippen molar-refractivity contribution in [3.63, 3.8) is 0 Å². The molecule has 0 aliphatic carbocycles. The van der Waals surface area contributed by atoms with Gasteiger partial charge in [0.1, 0.15) is 18.6 Å². The second-order valence-electron chi connectivity index (χ2n) is 5.37. The van der Waals surface area contributed by atoms with Crippen molar-refractivity contribution in [2.75, 3.05) is 6.61 Å². The third-order valence-corrected chi connectivity index (χ3v) is 2.63. The van der Waals surface area contributed by atoms with Crippen LogP contribution in [-0.2, 0) is 16.1 Å². The zero-order valence-electron chi connectivity index (χ0n) is 12.5. The molecule has 1 aromatic rings. The minimum Gasteiger partial charge on any atom is -0.487 e. The molecule has 0 saturated heterocycles. The van der Waals surface area contributed by atoms with E-state index in [1.807, 2.05) is 0 Å². The Morgan fingerprint density at radius 2 is 2.00 bits per heavy atom. The number of ether oxygens (including phenoxy) is 2. The molecule has 1 rings (SSSR count). The Balaban J connectivity index is 2.55. The molecular formula is C15H22O5. The van der Waals surface area contributed by atoms with Gasteiger partial charge in [0.05, 0.1) is 12.5 Å². The van der Waals surface area contributed by atoms with Gasteiger partial charge in [0, 0.05) is 6.07 Å². The molecular weight excluding hydrogens is 260 g/mol. The predicted octanol–water partition coefficient (Wildman–Crippen LogP) is 2.76. The van der Waals surface area contributed by atoms with Crippen molar-refractivity contribution in [1.29, 1.82) is 0 Å². The Hall–Kier alpha value is -1.78. The van der Waals surface area contributed by atoms with Crippen LogP contribution < -0.4 is 10.2 Å². The average molecular weight is 282 g/mol. The summed E-state index contributed by atoms with van der Waals surface area (Å²) in [7, 11) is 0.